The van der Waals surface area contributed by atoms with Crippen LogP contribution in [0.15, 0.2) is 0 Å². The largest absolute Gasteiger partial charge is 0.480 e. The molecule has 3 rings (SSSR count). The quantitative estimate of drug-likeness (QED) is 0.879. The van der Waals surface area contributed by atoms with Gasteiger partial charge in [0.15, 0.2) is 5.13 Å². The summed E-state index contributed by atoms with van der Waals surface area (Å²) in [7, 11) is 0. The number of carboxylic acid groups (broad SMARTS) is 1. The molecule has 2 N–H and O–H groups in total. The van der Waals surface area contributed by atoms with Gasteiger partial charge in [-0.05, 0) is 32.1 Å². The van der Waals surface area contributed by atoms with Crippen LogP contribution in [0.5, 0.6) is 0 Å². The SMILES string of the molecule is O=C(O)C1CCCCCN1C(=O)Nc1nc2c(s1)CCC2. The van der Waals surface area contributed by atoms with Gasteiger partial charge in [0.25, 0.3) is 0 Å². The van der Waals surface area contributed by atoms with Crippen molar-refractivity contribution in [2.45, 2.75) is 51.0 Å². The Balaban J connectivity index is 1.71. The van der Waals surface area contributed by atoms with Crippen LogP contribution in [0.4, 0.5) is 9.93 Å². The molecular formula is C14H19N3O3S. The van der Waals surface area contributed by atoms with Gasteiger partial charge in [0, 0.05) is 11.4 Å². The van der Waals surface area contributed by atoms with Crippen LogP contribution in [0, 0.1) is 0 Å². The minimum atomic E-state index is -0.923. The zero-order valence-corrected chi connectivity index (χ0v) is 12.6. The number of carbonyl (C=O) groups excluding carboxylic acids is 1. The average Bonchev–Trinajstić information content (AvgIpc) is 2.90. The Morgan fingerprint density at radius 1 is 1.24 bits per heavy atom. The highest BCUT2D eigenvalue weighted by molar-refractivity contribution is 7.15. The predicted octanol–water partition coefficient (Wildman–Crippen LogP) is 2.49. The van der Waals surface area contributed by atoms with E-state index in [1.54, 1.807) is 0 Å². The number of thiazole rings is 1. The van der Waals surface area contributed by atoms with Crippen molar-refractivity contribution < 1.29 is 14.7 Å². The number of carboxylic acids is 1. The summed E-state index contributed by atoms with van der Waals surface area (Å²) in [6.45, 7) is 0.494. The maximum Gasteiger partial charge on any atom is 0.326 e. The maximum atomic E-state index is 12.4. The van der Waals surface area contributed by atoms with Crippen molar-refractivity contribution in [2.24, 2.45) is 0 Å². The van der Waals surface area contributed by atoms with Gasteiger partial charge in [-0.2, -0.15) is 0 Å². The third-order valence-corrected chi connectivity index (χ3v) is 5.18. The highest BCUT2D eigenvalue weighted by atomic mass is 32.1. The molecule has 1 fully saturated rings. The van der Waals surface area contributed by atoms with Gasteiger partial charge in [-0.15, -0.1) is 11.3 Å². The number of nitrogens with one attached hydrogen (secondary N) is 1. The second-order valence-electron chi connectivity index (χ2n) is 5.57. The normalized spacial score (nSPS) is 21.7. The lowest BCUT2D eigenvalue weighted by Gasteiger charge is -2.26. The number of fused-ring (bicyclic) bond motifs is 1. The number of hydrogen-bond acceptors (Lipinski definition) is 4. The summed E-state index contributed by atoms with van der Waals surface area (Å²) in [6, 6.07) is -1.06. The molecule has 2 heterocycles. The number of aliphatic carboxylic acids is 1. The first kappa shape index (κ1) is 14.3. The lowest BCUT2D eigenvalue weighted by atomic mass is 10.1. The smallest absolute Gasteiger partial charge is 0.326 e. The number of aryl methyl sites for hydroxylation is 2. The van der Waals surface area contributed by atoms with Crippen LogP contribution in [-0.4, -0.2) is 39.6 Å². The Bertz CT molecular complexity index is 536. The van der Waals surface area contributed by atoms with Crippen molar-refractivity contribution >= 4 is 28.5 Å². The highest BCUT2D eigenvalue weighted by Crippen LogP contribution is 2.30. The molecule has 0 spiro atoms. The van der Waals surface area contributed by atoms with Crippen molar-refractivity contribution in [2.75, 3.05) is 11.9 Å². The summed E-state index contributed by atoms with van der Waals surface area (Å²) < 4.78 is 0. The molecule has 2 aliphatic rings. The fraction of sp³-hybridized carbons (Fsp3) is 0.643. The lowest BCUT2D eigenvalue weighted by Crippen LogP contribution is -2.46. The van der Waals surface area contributed by atoms with Crippen LogP contribution in [0.3, 0.4) is 0 Å². The van der Waals surface area contributed by atoms with E-state index in [0.717, 1.165) is 44.2 Å². The number of amides is 2. The molecule has 1 unspecified atom stereocenters. The van der Waals surface area contributed by atoms with Crippen LogP contribution in [0.25, 0.3) is 0 Å². The number of nitrogens with zero attached hydrogens (tertiary/aromatic N) is 2. The first-order chi connectivity index (χ1) is 10.1. The molecule has 7 heteroatoms. The number of anilines is 1. The van der Waals surface area contributed by atoms with E-state index in [1.165, 1.54) is 21.1 Å². The first-order valence-electron chi connectivity index (χ1n) is 7.44. The van der Waals surface area contributed by atoms with Crippen molar-refractivity contribution in [3.05, 3.63) is 10.6 Å². The van der Waals surface area contributed by atoms with E-state index in [2.05, 4.69) is 10.3 Å². The predicted molar refractivity (Wildman–Crippen MR) is 79.8 cm³/mol. The van der Waals surface area contributed by atoms with Crippen LogP contribution >= 0.6 is 11.3 Å². The molecule has 0 saturated carbocycles. The summed E-state index contributed by atoms with van der Waals surface area (Å²) in [4.78, 5) is 30.9. The van der Waals surface area contributed by atoms with E-state index in [0.29, 0.717) is 18.1 Å². The van der Waals surface area contributed by atoms with E-state index in [4.69, 9.17) is 0 Å². The minimum Gasteiger partial charge on any atom is -0.480 e. The molecule has 1 atom stereocenters. The Kier molecular flexibility index (Phi) is 4.10. The monoisotopic (exact) mass is 309 g/mol. The number of rotatable bonds is 2. The molecule has 1 aromatic rings. The van der Waals surface area contributed by atoms with Crippen molar-refractivity contribution in [3.63, 3.8) is 0 Å². The summed E-state index contributed by atoms with van der Waals surface area (Å²) in [6.07, 6.45) is 6.34. The van der Waals surface area contributed by atoms with Gasteiger partial charge >= 0.3 is 12.0 Å². The van der Waals surface area contributed by atoms with Crippen molar-refractivity contribution in [3.8, 4) is 0 Å². The van der Waals surface area contributed by atoms with E-state index < -0.39 is 12.0 Å². The Labute approximate surface area is 127 Å². The van der Waals surface area contributed by atoms with Crippen molar-refractivity contribution in [1.29, 1.82) is 0 Å². The van der Waals surface area contributed by atoms with Crippen LogP contribution in [0.2, 0.25) is 0 Å². The lowest BCUT2D eigenvalue weighted by molar-refractivity contribution is -0.142. The zero-order chi connectivity index (χ0) is 14.8. The molecule has 0 aromatic carbocycles. The third kappa shape index (κ3) is 3.02. The van der Waals surface area contributed by atoms with Gasteiger partial charge in [-0.1, -0.05) is 12.8 Å². The van der Waals surface area contributed by atoms with Gasteiger partial charge in [-0.25, -0.2) is 14.6 Å². The molecule has 21 heavy (non-hydrogen) atoms. The summed E-state index contributed by atoms with van der Waals surface area (Å²) in [5, 5.41) is 12.7. The van der Waals surface area contributed by atoms with Crippen LogP contribution < -0.4 is 5.32 Å². The van der Waals surface area contributed by atoms with Gasteiger partial charge in [-0.3, -0.25) is 5.32 Å². The molecule has 0 bridgehead atoms. The highest BCUT2D eigenvalue weighted by Gasteiger charge is 2.31. The molecule has 1 aliphatic heterocycles. The van der Waals surface area contributed by atoms with Gasteiger partial charge in [0.1, 0.15) is 6.04 Å². The Hall–Kier alpha value is -1.63. The van der Waals surface area contributed by atoms with E-state index in [-0.39, 0.29) is 6.03 Å². The fourth-order valence-electron chi connectivity index (χ4n) is 3.02. The molecule has 6 nitrogen and oxygen atoms in total. The first-order valence-corrected chi connectivity index (χ1v) is 8.26. The van der Waals surface area contributed by atoms with Gasteiger partial charge in [0.05, 0.1) is 5.69 Å². The van der Waals surface area contributed by atoms with E-state index in [9.17, 15) is 14.7 Å². The molecule has 1 saturated heterocycles. The van der Waals surface area contributed by atoms with Crippen LogP contribution in [-0.2, 0) is 17.6 Å². The number of urea groups is 1. The topological polar surface area (TPSA) is 82.5 Å². The van der Waals surface area contributed by atoms with Crippen molar-refractivity contribution in [1.82, 2.24) is 9.88 Å². The number of hydrogen-bond donors (Lipinski definition) is 2. The zero-order valence-electron chi connectivity index (χ0n) is 11.8. The summed E-state index contributed by atoms with van der Waals surface area (Å²) >= 11 is 1.51. The van der Waals surface area contributed by atoms with Gasteiger partial charge < -0.3 is 10.0 Å². The standard InChI is InChI=1S/C14H19N3O3S/c18-12(19)10-6-2-1-3-8-17(10)14(20)16-13-15-9-5-4-7-11(9)21-13/h10H,1-8H2,(H,18,19)(H,15,16,20). The number of carbonyl (C=O) groups is 2. The second kappa shape index (κ2) is 6.01. The van der Waals surface area contributed by atoms with E-state index >= 15 is 0 Å². The average molecular weight is 309 g/mol. The van der Waals surface area contributed by atoms with Crippen LogP contribution in [0.1, 0.15) is 42.7 Å². The Morgan fingerprint density at radius 2 is 2.10 bits per heavy atom. The molecule has 1 aromatic heterocycles. The maximum absolute atomic E-state index is 12.4. The Morgan fingerprint density at radius 3 is 2.86 bits per heavy atom. The summed E-state index contributed by atoms with van der Waals surface area (Å²) in [5.74, 6) is -0.923. The molecule has 2 amide bonds. The third-order valence-electron chi connectivity index (χ3n) is 4.11. The molecule has 0 radical (unpaired) electrons. The number of likely N-dealkylation sites (tertiary alicyclic amines) is 1. The van der Waals surface area contributed by atoms with Gasteiger partial charge in [0.2, 0.25) is 0 Å². The fourth-order valence-corrected chi connectivity index (χ4v) is 4.05. The molecule has 1 aliphatic carbocycles. The molecule has 114 valence electrons. The number of aromatic nitrogens is 1. The molecular weight excluding hydrogens is 290 g/mol. The van der Waals surface area contributed by atoms with E-state index in [1.807, 2.05) is 0 Å². The minimum absolute atomic E-state index is 0.336. The summed E-state index contributed by atoms with van der Waals surface area (Å²) in [5.41, 5.74) is 1.08. The second-order valence-corrected chi connectivity index (χ2v) is 6.65.